The van der Waals surface area contributed by atoms with Gasteiger partial charge < -0.3 is 39.6 Å². The first-order chi connectivity index (χ1) is 35.1. The van der Waals surface area contributed by atoms with Crippen molar-refractivity contribution in [2.45, 2.75) is 116 Å². The van der Waals surface area contributed by atoms with Gasteiger partial charge in [0.05, 0.1) is 65.3 Å². The summed E-state index contributed by atoms with van der Waals surface area (Å²) in [6.07, 6.45) is 5.73. The summed E-state index contributed by atoms with van der Waals surface area (Å²) in [5, 5.41) is 15.5. The highest BCUT2D eigenvalue weighted by Gasteiger charge is 2.40. The number of carboxylic acid groups (broad SMARTS) is 2. The van der Waals surface area contributed by atoms with E-state index in [1.54, 1.807) is 16.7 Å². The molecule has 2 atom stereocenters. The van der Waals surface area contributed by atoms with Crippen LogP contribution in [0.5, 0.6) is 0 Å². The molecule has 27 nitrogen and oxygen atoms in total. The number of nitrogens with zero attached hydrogens (tertiary/aromatic N) is 10. The summed E-state index contributed by atoms with van der Waals surface area (Å²) in [5.74, 6) is -2.01. The Morgan fingerprint density at radius 3 is 1.73 bits per heavy atom. The summed E-state index contributed by atoms with van der Waals surface area (Å²) in [5.41, 5.74) is 3.30. The van der Waals surface area contributed by atoms with Crippen molar-refractivity contribution in [1.29, 1.82) is 0 Å². The average Bonchev–Trinajstić information content (AvgIpc) is 3.61. The van der Waals surface area contributed by atoms with E-state index in [9.17, 15) is 33.2 Å². The molecule has 74 heavy (non-hydrogen) atoms. The van der Waals surface area contributed by atoms with Crippen LogP contribution < -0.4 is 39.9 Å². The SMILES string of the molecule is Cl.NC1=NCCOC1.O=C(O)C(=O)O.O=c1nc2n(c(=O)[nH]1)CCOC2.O=c1nc2n(c(=O)n1CCCBr)CCOC2.O=c1nc2n(c(=O)n1CCCN1C3CCC1CC(OCc1ccccc1F)C3)CCOC2. The Bertz CT molecular complexity index is 2920. The van der Waals surface area contributed by atoms with Crippen molar-refractivity contribution in [3.8, 4) is 0 Å². The topological polar surface area (TPSA) is 344 Å². The zero-order valence-electron chi connectivity index (χ0n) is 40.2. The van der Waals surface area contributed by atoms with Gasteiger partial charge in [-0.1, -0.05) is 34.1 Å². The Labute approximate surface area is 434 Å². The maximum Gasteiger partial charge on any atom is 0.414 e. The van der Waals surface area contributed by atoms with Crippen molar-refractivity contribution in [2.75, 3.05) is 51.5 Å². The predicted molar refractivity (Wildman–Crippen MR) is 264 cm³/mol. The molecule has 2 bridgehead atoms. The number of amidine groups is 1. The standard InChI is InChI=1S/C23H29FN4O4.C9H12BrN3O3.C6H7N3O3.C4H8N2O.C2H2O4.ClH/c24-20-5-2-1-4-16(20)14-32-19-12-17-6-7-18(13-19)26(17)8-3-9-28-22(29)25-21-15-31-11-10-27(21)23(28)30;10-2-1-3-13-8(14)11-7-6-16-5-4-12(7)9(13)15;10-5-7-4-3-12-2-1-9(4)6(11)8-5;5-4-3-7-2-1-6-4;3-1(4)2(5)6;/h1-2,4-5,17-19H,3,6-15H2;1-6H2;1-3H2,(H,8,10,11);1-3H2,(H2,5,6);(H,3,4)(H,5,6);1H. The number of benzene rings is 1. The number of aliphatic carboxylic acids is 2. The van der Waals surface area contributed by atoms with E-state index in [-0.39, 0.29) is 55.5 Å². The highest BCUT2D eigenvalue weighted by Crippen LogP contribution is 2.37. The van der Waals surface area contributed by atoms with E-state index in [1.165, 1.54) is 24.3 Å². The number of aromatic nitrogens is 9. The lowest BCUT2D eigenvalue weighted by Gasteiger charge is -2.39. The van der Waals surface area contributed by atoms with Gasteiger partial charge in [-0.25, -0.2) is 51.9 Å². The van der Waals surface area contributed by atoms with Gasteiger partial charge in [-0.2, -0.15) is 15.0 Å². The molecule has 10 rings (SSSR count). The molecule has 0 radical (unpaired) electrons. The van der Waals surface area contributed by atoms with Crippen LogP contribution in [0.25, 0.3) is 0 Å². The van der Waals surface area contributed by atoms with Crippen LogP contribution >= 0.6 is 28.3 Å². The summed E-state index contributed by atoms with van der Waals surface area (Å²) in [7, 11) is 0. The zero-order valence-corrected chi connectivity index (χ0v) is 42.6. The van der Waals surface area contributed by atoms with Crippen LogP contribution in [0.1, 0.15) is 61.6 Å². The fraction of sp³-hybridized carbons (Fsp3) is 0.591. The molecule has 2 unspecified atom stereocenters. The van der Waals surface area contributed by atoms with Crippen LogP contribution in [0, 0.1) is 5.82 Å². The van der Waals surface area contributed by atoms with E-state index < -0.39 is 34.7 Å². The molecule has 406 valence electrons. The fourth-order valence-corrected chi connectivity index (χ4v) is 8.88. The second-order valence-electron chi connectivity index (χ2n) is 16.9. The molecule has 4 aromatic rings. The van der Waals surface area contributed by atoms with Crippen molar-refractivity contribution < 1.29 is 47.9 Å². The van der Waals surface area contributed by atoms with E-state index in [0.717, 1.165) is 63.6 Å². The Kier molecular flexibility index (Phi) is 23.1. The highest BCUT2D eigenvalue weighted by molar-refractivity contribution is 9.09. The molecule has 0 saturated carbocycles. The van der Waals surface area contributed by atoms with Gasteiger partial charge in [0.2, 0.25) is 0 Å². The third kappa shape index (κ3) is 16.5. The molecule has 6 aliphatic rings. The van der Waals surface area contributed by atoms with Crippen molar-refractivity contribution in [2.24, 2.45) is 10.7 Å². The van der Waals surface area contributed by atoms with Gasteiger partial charge in [-0.05, 0) is 44.6 Å². The first kappa shape index (κ1) is 58.8. The number of nitrogens with two attached hydrogens (primary N) is 1. The lowest BCUT2D eigenvalue weighted by molar-refractivity contribution is -0.159. The van der Waals surface area contributed by atoms with Gasteiger partial charge in [0, 0.05) is 42.6 Å². The number of H-pyrrole nitrogens is 1. The van der Waals surface area contributed by atoms with Crippen molar-refractivity contribution in [1.82, 2.24) is 47.7 Å². The number of carboxylic acids is 2. The summed E-state index contributed by atoms with van der Waals surface area (Å²) < 4.78 is 47.2. The monoisotopic (exact) mass is 1130 g/mol. The third-order valence-electron chi connectivity index (χ3n) is 12.1. The molecule has 2 saturated heterocycles. The number of aliphatic imine (C=N–C) groups is 1. The van der Waals surface area contributed by atoms with E-state index in [4.69, 9.17) is 49.2 Å². The van der Waals surface area contributed by atoms with Crippen LogP contribution in [-0.2, 0) is 92.4 Å². The van der Waals surface area contributed by atoms with E-state index in [2.05, 4.69) is 45.8 Å². The maximum atomic E-state index is 13.9. The minimum atomic E-state index is -1.82. The number of piperidine rings is 1. The first-order valence-corrected chi connectivity index (χ1v) is 24.6. The lowest BCUT2D eigenvalue weighted by atomic mass is 9.99. The largest absolute Gasteiger partial charge is 0.473 e. The highest BCUT2D eigenvalue weighted by atomic mass is 79.9. The number of nitrogens with one attached hydrogen (secondary N) is 1. The quantitative estimate of drug-likeness (QED) is 0.107. The molecule has 0 aliphatic carbocycles. The van der Waals surface area contributed by atoms with Gasteiger partial charge >= 0.3 is 46.1 Å². The number of hydrogen-bond acceptors (Lipinski definition) is 19. The number of alkyl halides is 1. The van der Waals surface area contributed by atoms with Crippen LogP contribution in [0.2, 0.25) is 0 Å². The summed E-state index contributed by atoms with van der Waals surface area (Å²) >= 11 is 3.27. The second kappa shape index (κ2) is 29.1. The molecule has 30 heteroatoms. The fourth-order valence-electron chi connectivity index (χ4n) is 8.62. The molecule has 0 spiro atoms. The molecule has 2 fully saturated rings. The van der Waals surface area contributed by atoms with Crippen molar-refractivity contribution in [3.05, 3.63) is 116 Å². The number of hydrogen-bond donors (Lipinski definition) is 4. The summed E-state index contributed by atoms with van der Waals surface area (Å²) in [4.78, 5) is 109. The zero-order chi connectivity index (χ0) is 52.4. The summed E-state index contributed by atoms with van der Waals surface area (Å²) in [6, 6.07) is 7.64. The molecule has 3 aromatic heterocycles. The number of halogens is 3. The Morgan fingerprint density at radius 1 is 0.730 bits per heavy atom. The second-order valence-corrected chi connectivity index (χ2v) is 17.7. The van der Waals surface area contributed by atoms with Gasteiger partial charge in [0.1, 0.15) is 55.6 Å². The van der Waals surface area contributed by atoms with Gasteiger partial charge in [-0.3, -0.25) is 28.6 Å². The van der Waals surface area contributed by atoms with Crippen molar-refractivity contribution in [3.63, 3.8) is 0 Å². The van der Waals surface area contributed by atoms with Crippen LogP contribution in [0.15, 0.2) is 58.0 Å². The average molecular weight is 1130 g/mol. The first-order valence-electron chi connectivity index (χ1n) is 23.5. The van der Waals surface area contributed by atoms with Crippen LogP contribution in [-0.4, -0.2) is 145 Å². The summed E-state index contributed by atoms with van der Waals surface area (Å²) in [6.45, 7) is 7.37. The predicted octanol–water partition coefficient (Wildman–Crippen LogP) is -1.19. The number of fused-ring (bicyclic) bond motifs is 5. The Balaban J connectivity index is 0.000000200. The van der Waals surface area contributed by atoms with Crippen LogP contribution in [0.4, 0.5) is 4.39 Å². The molecule has 1 aromatic carbocycles. The lowest BCUT2D eigenvalue weighted by Crippen LogP contribution is -2.47. The van der Waals surface area contributed by atoms with E-state index in [1.807, 2.05) is 6.07 Å². The van der Waals surface area contributed by atoms with Crippen LogP contribution in [0.3, 0.4) is 0 Å². The van der Waals surface area contributed by atoms with Crippen molar-refractivity contribution >= 4 is 46.1 Å². The van der Waals surface area contributed by atoms with E-state index >= 15 is 0 Å². The number of aromatic amines is 1. The number of carbonyl (C=O) groups is 2. The normalized spacial score (nSPS) is 19.2. The van der Waals surface area contributed by atoms with Gasteiger partial charge in [-0.15, -0.1) is 12.4 Å². The Hall–Kier alpha value is -6.08. The third-order valence-corrected chi connectivity index (χ3v) is 12.7. The number of ether oxygens (including phenoxy) is 5. The van der Waals surface area contributed by atoms with Gasteiger partial charge in [0.25, 0.3) is 0 Å². The van der Waals surface area contributed by atoms with E-state index in [0.29, 0.717) is 107 Å². The molecule has 0 amide bonds. The molecule has 6 aliphatic heterocycles. The number of rotatable bonds is 10. The minimum absolute atomic E-state index is 0. The smallest absolute Gasteiger partial charge is 0.414 e. The maximum absolute atomic E-state index is 13.9. The molecular formula is C44H59BrClFN12O15. The molecular weight excluding hydrogens is 1070 g/mol. The molecule has 9 heterocycles. The minimum Gasteiger partial charge on any atom is -0.473 e. The van der Waals surface area contributed by atoms with Gasteiger partial charge in [0.15, 0.2) is 0 Å². The Morgan fingerprint density at radius 2 is 1.24 bits per heavy atom. The molecule has 5 N–H and O–H groups in total.